The van der Waals surface area contributed by atoms with Crippen LogP contribution < -0.4 is 4.74 Å². The maximum absolute atomic E-state index is 12.6. The molecule has 1 saturated heterocycles. The van der Waals surface area contributed by atoms with Crippen LogP contribution in [0.4, 0.5) is 0 Å². The van der Waals surface area contributed by atoms with E-state index < -0.39 is 0 Å². The number of benzene rings is 2. The minimum absolute atomic E-state index is 0.115. The van der Waals surface area contributed by atoms with Crippen molar-refractivity contribution in [2.45, 2.75) is 39.0 Å². The van der Waals surface area contributed by atoms with Crippen LogP contribution >= 0.6 is 24.0 Å². The van der Waals surface area contributed by atoms with Gasteiger partial charge in [-0.3, -0.25) is 9.69 Å². The summed E-state index contributed by atoms with van der Waals surface area (Å²) >= 11 is 6.90. The first-order valence-electron chi connectivity index (χ1n) is 9.21. The quantitative estimate of drug-likeness (QED) is 0.613. The lowest BCUT2D eigenvalue weighted by molar-refractivity contribution is -0.126. The molecule has 5 heteroatoms. The molecule has 2 aromatic rings. The van der Waals surface area contributed by atoms with Crippen LogP contribution in [-0.4, -0.2) is 26.9 Å². The predicted octanol–water partition coefficient (Wildman–Crippen LogP) is 5.00. The van der Waals surface area contributed by atoms with Crippen molar-refractivity contribution >= 4 is 34.2 Å². The number of rotatable bonds is 7. The van der Waals surface area contributed by atoms with E-state index in [0.29, 0.717) is 29.8 Å². The molecular weight excluding hydrogens is 374 g/mol. The van der Waals surface area contributed by atoms with Gasteiger partial charge in [-0.05, 0) is 42.5 Å². The van der Waals surface area contributed by atoms with Crippen LogP contribution in [0.25, 0.3) is 0 Å². The van der Waals surface area contributed by atoms with Crippen LogP contribution in [0.2, 0.25) is 0 Å². The first kappa shape index (κ1) is 19.9. The Kier molecular flexibility index (Phi) is 6.55. The van der Waals surface area contributed by atoms with Crippen molar-refractivity contribution in [1.29, 1.82) is 0 Å². The molecule has 1 aliphatic rings. The number of hydrogen-bond donors (Lipinski definition) is 0. The number of carbonyl (C=O) groups is 1. The number of amides is 1. The largest absolute Gasteiger partial charge is 0.489 e. The molecule has 1 heterocycles. The highest BCUT2D eigenvalue weighted by Gasteiger charge is 2.36. The van der Waals surface area contributed by atoms with Gasteiger partial charge in [0.15, 0.2) is 0 Å². The highest BCUT2D eigenvalue weighted by molar-refractivity contribution is 8.24. The van der Waals surface area contributed by atoms with Gasteiger partial charge in [-0.25, -0.2) is 0 Å². The summed E-state index contributed by atoms with van der Waals surface area (Å²) in [5.41, 5.74) is 3.51. The molecule has 1 fully saturated rings. The van der Waals surface area contributed by atoms with E-state index in [1.54, 1.807) is 4.90 Å². The minimum Gasteiger partial charge on any atom is -0.489 e. The highest BCUT2D eigenvalue weighted by Crippen LogP contribution is 2.31. The summed E-state index contributed by atoms with van der Waals surface area (Å²) in [6.45, 7) is 7.53. The van der Waals surface area contributed by atoms with E-state index in [4.69, 9.17) is 17.0 Å². The van der Waals surface area contributed by atoms with Crippen LogP contribution in [0.5, 0.6) is 5.75 Å². The molecular formula is C22H25NO2S2. The Morgan fingerprint density at radius 3 is 2.56 bits per heavy atom. The van der Waals surface area contributed by atoms with Crippen molar-refractivity contribution in [3.05, 3.63) is 65.2 Å². The fourth-order valence-corrected chi connectivity index (χ4v) is 4.61. The maximum atomic E-state index is 12.6. The number of carbonyl (C=O) groups excluding carboxylic acids is 1. The topological polar surface area (TPSA) is 29.5 Å². The van der Waals surface area contributed by atoms with E-state index >= 15 is 0 Å². The Balaban J connectivity index is 1.56. The van der Waals surface area contributed by atoms with Gasteiger partial charge in [0.2, 0.25) is 5.91 Å². The van der Waals surface area contributed by atoms with Gasteiger partial charge < -0.3 is 4.74 Å². The Morgan fingerprint density at radius 2 is 1.89 bits per heavy atom. The lowest BCUT2D eigenvalue weighted by atomic mass is 10.1. The van der Waals surface area contributed by atoms with Crippen LogP contribution in [-0.2, 0) is 17.8 Å². The third-order valence-corrected chi connectivity index (χ3v) is 5.97. The lowest BCUT2D eigenvalue weighted by Crippen LogP contribution is -2.34. The summed E-state index contributed by atoms with van der Waals surface area (Å²) in [4.78, 5) is 14.4. The van der Waals surface area contributed by atoms with Gasteiger partial charge in [-0.1, -0.05) is 79.8 Å². The molecule has 0 unspecified atom stereocenters. The zero-order chi connectivity index (χ0) is 19.4. The summed E-state index contributed by atoms with van der Waals surface area (Å²) in [6, 6.07) is 16.3. The van der Waals surface area contributed by atoms with Crippen LogP contribution in [0.3, 0.4) is 0 Å². The normalized spacial score (nSPS) is 17.0. The van der Waals surface area contributed by atoms with Crippen LogP contribution in [0, 0.1) is 12.8 Å². The van der Waals surface area contributed by atoms with Gasteiger partial charge in [0, 0.05) is 6.54 Å². The van der Waals surface area contributed by atoms with Gasteiger partial charge in [-0.2, -0.15) is 0 Å². The molecule has 0 aliphatic carbocycles. The van der Waals surface area contributed by atoms with E-state index in [2.05, 4.69) is 39.0 Å². The van der Waals surface area contributed by atoms with E-state index in [0.717, 1.165) is 16.9 Å². The molecule has 1 amide bonds. The molecule has 3 nitrogen and oxygen atoms in total. The zero-order valence-electron chi connectivity index (χ0n) is 16.0. The lowest BCUT2D eigenvalue weighted by Gasteiger charge is -2.17. The van der Waals surface area contributed by atoms with E-state index in [1.165, 1.54) is 17.3 Å². The molecule has 27 heavy (non-hydrogen) atoms. The Bertz CT molecular complexity index is 817. The number of thiocarbonyl (C=S) groups is 1. The number of thioether (sulfide) groups is 1. The summed E-state index contributed by atoms with van der Waals surface area (Å²) in [5.74, 6) is 1.39. The highest BCUT2D eigenvalue weighted by atomic mass is 32.2. The molecule has 0 aromatic heterocycles. The molecule has 1 atom stereocenters. The molecule has 1 aliphatic heterocycles. The number of nitrogens with zero attached hydrogens (tertiary/aromatic N) is 1. The summed E-state index contributed by atoms with van der Waals surface area (Å²) < 4.78 is 6.58. The third-order valence-electron chi connectivity index (χ3n) is 4.39. The first-order valence-corrected chi connectivity index (χ1v) is 10.5. The zero-order valence-corrected chi connectivity index (χ0v) is 17.6. The second-order valence-electron chi connectivity index (χ2n) is 7.34. The van der Waals surface area contributed by atoms with E-state index in [-0.39, 0.29) is 11.2 Å². The third kappa shape index (κ3) is 5.33. The van der Waals surface area contributed by atoms with Crippen molar-refractivity contribution < 1.29 is 9.53 Å². The summed E-state index contributed by atoms with van der Waals surface area (Å²) in [5, 5.41) is -0.115. The van der Waals surface area contributed by atoms with Crippen LogP contribution in [0.15, 0.2) is 48.5 Å². The second-order valence-corrected chi connectivity index (χ2v) is 9.18. The molecule has 142 valence electrons. The van der Waals surface area contributed by atoms with E-state index in [9.17, 15) is 4.79 Å². The van der Waals surface area contributed by atoms with Gasteiger partial charge in [0.1, 0.15) is 16.7 Å². The second kappa shape index (κ2) is 8.89. The first-order chi connectivity index (χ1) is 12.9. The number of aryl methyl sites for hydroxylation is 1. The van der Waals surface area contributed by atoms with Crippen molar-refractivity contribution in [1.82, 2.24) is 4.90 Å². The molecule has 0 radical (unpaired) electrons. The molecule has 0 bridgehead atoms. The molecule has 0 N–H and O–H groups in total. The monoisotopic (exact) mass is 399 g/mol. The van der Waals surface area contributed by atoms with Gasteiger partial charge in [0.25, 0.3) is 0 Å². The maximum Gasteiger partial charge on any atom is 0.241 e. The minimum atomic E-state index is -0.115. The van der Waals surface area contributed by atoms with Gasteiger partial charge >= 0.3 is 0 Å². The molecule has 0 saturated carbocycles. The average molecular weight is 400 g/mol. The summed E-state index contributed by atoms with van der Waals surface area (Å²) in [6.07, 6.45) is 0.691. The SMILES string of the molecule is Cc1cccc(COc2ccc(C[C@H]3SC(=S)N(CC(C)C)C3=O)cc2)c1. The fraction of sp³-hybridized carbons (Fsp3) is 0.364. The Labute approximate surface area is 171 Å². The molecule has 0 spiro atoms. The van der Waals surface area contributed by atoms with Gasteiger partial charge in [0.05, 0.1) is 5.25 Å². The van der Waals surface area contributed by atoms with Crippen molar-refractivity contribution in [3.8, 4) is 5.75 Å². The predicted molar refractivity (Wildman–Crippen MR) is 116 cm³/mol. The number of ether oxygens (including phenoxy) is 1. The smallest absolute Gasteiger partial charge is 0.241 e. The van der Waals surface area contributed by atoms with Crippen molar-refractivity contribution in [3.63, 3.8) is 0 Å². The van der Waals surface area contributed by atoms with E-state index in [1.807, 2.05) is 30.3 Å². The Hall–Kier alpha value is -1.85. The fourth-order valence-electron chi connectivity index (χ4n) is 3.06. The van der Waals surface area contributed by atoms with Gasteiger partial charge in [-0.15, -0.1) is 0 Å². The van der Waals surface area contributed by atoms with Crippen LogP contribution in [0.1, 0.15) is 30.5 Å². The average Bonchev–Trinajstić information content (AvgIpc) is 2.88. The standard InChI is InChI=1S/C22H25NO2S2/c1-15(2)13-23-21(24)20(27-22(23)26)12-17-7-9-19(10-8-17)25-14-18-6-4-5-16(3)11-18/h4-11,15,20H,12-14H2,1-3H3/t20-/m1/s1. The Morgan fingerprint density at radius 1 is 1.15 bits per heavy atom. The number of hydrogen-bond acceptors (Lipinski definition) is 4. The van der Waals surface area contributed by atoms with Crippen molar-refractivity contribution in [2.24, 2.45) is 5.92 Å². The summed E-state index contributed by atoms with van der Waals surface area (Å²) in [7, 11) is 0. The molecule has 2 aromatic carbocycles. The molecule has 3 rings (SSSR count). The van der Waals surface area contributed by atoms with Crippen molar-refractivity contribution in [2.75, 3.05) is 6.54 Å².